The molecule has 0 radical (unpaired) electrons. The van der Waals surface area contributed by atoms with Crippen LogP contribution < -0.4 is 9.47 Å². The van der Waals surface area contributed by atoms with E-state index < -0.39 is 0 Å². The van der Waals surface area contributed by atoms with E-state index >= 15 is 0 Å². The van der Waals surface area contributed by atoms with Crippen molar-refractivity contribution in [2.45, 2.75) is 45.1 Å². The molecule has 1 fully saturated rings. The van der Waals surface area contributed by atoms with Crippen LogP contribution in [0.3, 0.4) is 0 Å². The molecule has 3 heterocycles. The minimum Gasteiger partial charge on any atom is -0.454 e. The zero-order chi connectivity index (χ0) is 17.2. The fraction of sp³-hybridized carbons (Fsp3) is 0.500. The van der Waals surface area contributed by atoms with Crippen molar-refractivity contribution in [3.8, 4) is 11.5 Å². The SMILES string of the molecule is CCc1nc(C2CCCN2C(=O)CCc2ccc3c(c2)OCO3)no1. The van der Waals surface area contributed by atoms with Gasteiger partial charge in [-0.3, -0.25) is 4.79 Å². The Kier molecular flexibility index (Phi) is 4.29. The fourth-order valence-corrected chi connectivity index (χ4v) is 3.37. The molecule has 2 aromatic rings. The fourth-order valence-electron chi connectivity index (χ4n) is 3.37. The monoisotopic (exact) mass is 343 g/mol. The van der Waals surface area contributed by atoms with Crippen LogP contribution in [0.2, 0.25) is 0 Å². The number of fused-ring (bicyclic) bond motifs is 1. The van der Waals surface area contributed by atoms with Crippen LogP contribution in [0, 0.1) is 0 Å². The molecule has 2 aliphatic rings. The predicted molar refractivity (Wildman–Crippen MR) is 88.3 cm³/mol. The van der Waals surface area contributed by atoms with Crippen LogP contribution in [-0.2, 0) is 17.6 Å². The minimum atomic E-state index is -0.0618. The van der Waals surface area contributed by atoms with Crippen LogP contribution in [0.15, 0.2) is 22.7 Å². The van der Waals surface area contributed by atoms with E-state index in [0.29, 0.717) is 31.0 Å². The van der Waals surface area contributed by atoms with Crippen LogP contribution in [0.25, 0.3) is 0 Å². The van der Waals surface area contributed by atoms with Gasteiger partial charge in [-0.15, -0.1) is 0 Å². The van der Waals surface area contributed by atoms with Gasteiger partial charge in [-0.05, 0) is 37.0 Å². The first-order valence-corrected chi connectivity index (χ1v) is 8.75. The maximum absolute atomic E-state index is 12.7. The number of amides is 1. The zero-order valence-electron chi connectivity index (χ0n) is 14.2. The summed E-state index contributed by atoms with van der Waals surface area (Å²) in [4.78, 5) is 19.0. The van der Waals surface area contributed by atoms with Crippen molar-refractivity contribution in [1.82, 2.24) is 15.0 Å². The zero-order valence-corrected chi connectivity index (χ0v) is 14.2. The van der Waals surface area contributed by atoms with E-state index in [0.717, 1.165) is 36.4 Å². The Morgan fingerprint density at radius 3 is 3.04 bits per heavy atom. The Bertz CT molecular complexity index is 773. The number of nitrogens with zero attached hydrogens (tertiary/aromatic N) is 3. The normalized spacial score (nSPS) is 18.8. The van der Waals surface area contributed by atoms with Crippen molar-refractivity contribution in [3.63, 3.8) is 0 Å². The molecule has 1 amide bonds. The molecule has 1 unspecified atom stereocenters. The summed E-state index contributed by atoms with van der Waals surface area (Å²) in [5, 5.41) is 4.05. The lowest BCUT2D eigenvalue weighted by molar-refractivity contribution is -0.132. The van der Waals surface area contributed by atoms with E-state index in [1.165, 1.54) is 0 Å². The molecule has 1 saturated heterocycles. The molecular formula is C18H21N3O4. The van der Waals surface area contributed by atoms with Crippen LogP contribution in [-0.4, -0.2) is 34.3 Å². The number of aromatic nitrogens is 2. The molecule has 25 heavy (non-hydrogen) atoms. The molecule has 4 rings (SSSR count). The number of carbonyl (C=O) groups excluding carboxylic acids is 1. The quantitative estimate of drug-likeness (QED) is 0.830. The summed E-state index contributed by atoms with van der Waals surface area (Å²) in [7, 11) is 0. The number of ether oxygens (including phenoxy) is 2. The third-order valence-electron chi connectivity index (χ3n) is 4.72. The first kappa shape index (κ1) is 15.9. The number of rotatable bonds is 5. The van der Waals surface area contributed by atoms with Crippen molar-refractivity contribution < 1.29 is 18.8 Å². The predicted octanol–water partition coefficient (Wildman–Crippen LogP) is 2.66. The minimum absolute atomic E-state index is 0.0618. The van der Waals surface area contributed by atoms with Crippen LogP contribution in [0.4, 0.5) is 0 Å². The van der Waals surface area contributed by atoms with Crippen molar-refractivity contribution in [2.24, 2.45) is 0 Å². The molecule has 2 aliphatic heterocycles. The molecule has 7 nitrogen and oxygen atoms in total. The molecule has 0 aliphatic carbocycles. The Labute approximate surface area is 145 Å². The average Bonchev–Trinajstić information content (AvgIpc) is 3.38. The van der Waals surface area contributed by atoms with Gasteiger partial charge < -0.3 is 18.9 Å². The summed E-state index contributed by atoms with van der Waals surface area (Å²) < 4.78 is 15.9. The first-order valence-electron chi connectivity index (χ1n) is 8.75. The van der Waals surface area contributed by atoms with Gasteiger partial charge in [0.1, 0.15) is 0 Å². The lowest BCUT2D eigenvalue weighted by atomic mass is 10.1. The standard InChI is InChI=1S/C18H21N3O4/c1-2-16-19-18(20-25-16)13-4-3-9-21(13)17(22)8-6-12-5-7-14-15(10-12)24-11-23-14/h5,7,10,13H,2-4,6,8-9,11H2,1H3. The average molecular weight is 343 g/mol. The van der Waals surface area contributed by atoms with Gasteiger partial charge in [-0.2, -0.15) is 4.98 Å². The third-order valence-corrected chi connectivity index (χ3v) is 4.72. The molecule has 1 atom stereocenters. The summed E-state index contributed by atoms with van der Waals surface area (Å²) >= 11 is 0. The Morgan fingerprint density at radius 1 is 1.32 bits per heavy atom. The highest BCUT2D eigenvalue weighted by molar-refractivity contribution is 5.77. The molecule has 1 aromatic heterocycles. The highest BCUT2D eigenvalue weighted by Gasteiger charge is 2.33. The molecule has 0 N–H and O–H groups in total. The van der Waals surface area contributed by atoms with Gasteiger partial charge in [0.05, 0.1) is 6.04 Å². The van der Waals surface area contributed by atoms with E-state index in [4.69, 9.17) is 14.0 Å². The van der Waals surface area contributed by atoms with Gasteiger partial charge in [-0.25, -0.2) is 0 Å². The van der Waals surface area contributed by atoms with Gasteiger partial charge in [0, 0.05) is 19.4 Å². The highest BCUT2D eigenvalue weighted by Crippen LogP contribution is 2.34. The van der Waals surface area contributed by atoms with Gasteiger partial charge in [0.25, 0.3) is 0 Å². The molecule has 0 saturated carbocycles. The number of benzene rings is 1. The van der Waals surface area contributed by atoms with E-state index in [2.05, 4.69) is 10.1 Å². The van der Waals surface area contributed by atoms with E-state index in [9.17, 15) is 4.79 Å². The number of hydrogen-bond donors (Lipinski definition) is 0. The summed E-state index contributed by atoms with van der Waals surface area (Å²) in [6, 6.07) is 5.76. The van der Waals surface area contributed by atoms with Crippen molar-refractivity contribution in [3.05, 3.63) is 35.5 Å². The number of carbonyl (C=O) groups is 1. The molecule has 7 heteroatoms. The maximum Gasteiger partial charge on any atom is 0.231 e. The van der Waals surface area contributed by atoms with Crippen LogP contribution in [0.5, 0.6) is 11.5 Å². The summed E-state index contributed by atoms with van der Waals surface area (Å²) in [5.41, 5.74) is 1.07. The van der Waals surface area contributed by atoms with Crippen LogP contribution in [0.1, 0.15) is 49.5 Å². The Morgan fingerprint density at radius 2 is 2.20 bits per heavy atom. The lowest BCUT2D eigenvalue weighted by Gasteiger charge is -2.22. The largest absolute Gasteiger partial charge is 0.454 e. The number of hydrogen-bond acceptors (Lipinski definition) is 6. The maximum atomic E-state index is 12.7. The third kappa shape index (κ3) is 3.18. The van der Waals surface area contributed by atoms with Crippen molar-refractivity contribution >= 4 is 5.91 Å². The molecule has 1 aromatic carbocycles. The summed E-state index contributed by atoms with van der Waals surface area (Å²) in [5.74, 6) is 2.89. The van der Waals surface area contributed by atoms with Gasteiger partial charge >= 0.3 is 0 Å². The second-order valence-electron chi connectivity index (χ2n) is 6.33. The van der Waals surface area contributed by atoms with E-state index in [1.807, 2.05) is 30.0 Å². The number of aryl methyl sites for hydroxylation is 2. The molecular weight excluding hydrogens is 322 g/mol. The van der Waals surface area contributed by atoms with Gasteiger partial charge in [-0.1, -0.05) is 18.1 Å². The van der Waals surface area contributed by atoms with Crippen molar-refractivity contribution in [2.75, 3.05) is 13.3 Å². The van der Waals surface area contributed by atoms with Gasteiger partial charge in [0.15, 0.2) is 17.3 Å². The Balaban J connectivity index is 1.40. The highest BCUT2D eigenvalue weighted by atomic mass is 16.7. The molecule has 0 bridgehead atoms. The summed E-state index contributed by atoms with van der Waals surface area (Å²) in [6.07, 6.45) is 3.69. The first-order chi connectivity index (χ1) is 12.2. The topological polar surface area (TPSA) is 77.7 Å². The van der Waals surface area contributed by atoms with Gasteiger partial charge in [0.2, 0.25) is 18.6 Å². The second-order valence-corrected chi connectivity index (χ2v) is 6.33. The summed E-state index contributed by atoms with van der Waals surface area (Å²) in [6.45, 7) is 2.98. The molecule has 132 valence electrons. The van der Waals surface area contributed by atoms with Crippen molar-refractivity contribution in [1.29, 1.82) is 0 Å². The van der Waals surface area contributed by atoms with E-state index in [-0.39, 0.29) is 18.7 Å². The lowest BCUT2D eigenvalue weighted by Crippen LogP contribution is -2.31. The Hall–Kier alpha value is -2.57. The van der Waals surface area contributed by atoms with E-state index in [1.54, 1.807) is 0 Å². The smallest absolute Gasteiger partial charge is 0.231 e. The molecule has 0 spiro atoms. The number of likely N-dealkylation sites (tertiary alicyclic amines) is 1. The van der Waals surface area contributed by atoms with Crippen LogP contribution >= 0.6 is 0 Å². The second kappa shape index (κ2) is 6.74.